The van der Waals surface area contributed by atoms with Crippen LogP contribution in [0.3, 0.4) is 0 Å². The van der Waals surface area contributed by atoms with Gasteiger partial charge in [-0.05, 0) is 5.56 Å². The first-order chi connectivity index (χ1) is 7.29. The molecule has 0 unspecified atom stereocenters. The van der Waals surface area contributed by atoms with E-state index in [-0.39, 0.29) is 5.33 Å². The second-order valence-electron chi connectivity index (χ2n) is 2.79. The standard InChI is InChI=1S/C8H4BrClF5N/c9-1-3-4(8(13,14)15)2-16-6(10)5(3)7(11)12/h2,7H,1H2. The fourth-order valence-electron chi connectivity index (χ4n) is 1.15. The van der Waals surface area contributed by atoms with Crippen molar-refractivity contribution in [3.8, 4) is 0 Å². The molecule has 1 heterocycles. The van der Waals surface area contributed by atoms with Crippen molar-refractivity contribution >= 4 is 27.5 Å². The van der Waals surface area contributed by atoms with Crippen molar-refractivity contribution in [2.75, 3.05) is 0 Å². The fourth-order valence-corrected chi connectivity index (χ4v) is 2.00. The summed E-state index contributed by atoms with van der Waals surface area (Å²) in [4.78, 5) is 3.12. The van der Waals surface area contributed by atoms with Gasteiger partial charge in [-0.1, -0.05) is 27.5 Å². The number of halogens is 7. The van der Waals surface area contributed by atoms with Crippen LogP contribution in [0.4, 0.5) is 22.0 Å². The molecule has 0 spiro atoms. The molecule has 90 valence electrons. The zero-order chi connectivity index (χ0) is 12.5. The zero-order valence-electron chi connectivity index (χ0n) is 7.45. The van der Waals surface area contributed by atoms with Crippen LogP contribution in [0.25, 0.3) is 0 Å². The van der Waals surface area contributed by atoms with Crippen LogP contribution in [-0.2, 0) is 11.5 Å². The lowest BCUT2D eigenvalue weighted by atomic mass is 10.1. The Morgan fingerprint density at radius 2 is 1.94 bits per heavy atom. The molecule has 0 amide bonds. The highest BCUT2D eigenvalue weighted by Crippen LogP contribution is 2.39. The van der Waals surface area contributed by atoms with E-state index in [0.717, 1.165) is 0 Å². The van der Waals surface area contributed by atoms with E-state index in [1.807, 2.05) is 0 Å². The zero-order valence-corrected chi connectivity index (χ0v) is 9.80. The average molecular weight is 324 g/mol. The molecular formula is C8H4BrClF5N. The van der Waals surface area contributed by atoms with Gasteiger partial charge in [-0.15, -0.1) is 0 Å². The van der Waals surface area contributed by atoms with Crippen LogP contribution >= 0.6 is 27.5 Å². The van der Waals surface area contributed by atoms with Crippen molar-refractivity contribution in [3.05, 3.63) is 28.0 Å². The smallest absolute Gasteiger partial charge is 0.243 e. The molecule has 1 rings (SSSR count). The highest BCUT2D eigenvalue weighted by atomic mass is 79.9. The van der Waals surface area contributed by atoms with E-state index in [9.17, 15) is 22.0 Å². The first kappa shape index (κ1) is 13.6. The molecule has 16 heavy (non-hydrogen) atoms. The Labute approximate surface area is 101 Å². The first-order valence-electron chi connectivity index (χ1n) is 3.87. The Morgan fingerprint density at radius 1 is 1.38 bits per heavy atom. The molecule has 1 aromatic heterocycles. The summed E-state index contributed by atoms with van der Waals surface area (Å²) in [5.41, 5.74) is -2.67. The maximum absolute atomic E-state index is 12.5. The predicted octanol–water partition coefficient (Wildman–Crippen LogP) is 4.59. The Morgan fingerprint density at radius 3 is 2.31 bits per heavy atom. The second-order valence-corrected chi connectivity index (χ2v) is 3.71. The predicted molar refractivity (Wildman–Crippen MR) is 51.8 cm³/mol. The largest absolute Gasteiger partial charge is 0.418 e. The molecule has 0 aliphatic carbocycles. The van der Waals surface area contributed by atoms with Gasteiger partial charge in [-0.25, -0.2) is 13.8 Å². The van der Waals surface area contributed by atoms with Crippen LogP contribution in [0, 0.1) is 0 Å². The minimum Gasteiger partial charge on any atom is -0.243 e. The van der Waals surface area contributed by atoms with E-state index < -0.39 is 34.4 Å². The minimum absolute atomic E-state index is 0.371. The molecule has 0 aromatic carbocycles. The van der Waals surface area contributed by atoms with E-state index in [2.05, 4.69) is 20.9 Å². The minimum atomic E-state index is -4.73. The van der Waals surface area contributed by atoms with Gasteiger partial charge in [0.15, 0.2) is 0 Å². The Hall–Kier alpha value is -0.430. The van der Waals surface area contributed by atoms with Crippen LogP contribution in [0.1, 0.15) is 23.1 Å². The van der Waals surface area contributed by atoms with Crippen molar-refractivity contribution in [2.24, 2.45) is 0 Å². The van der Waals surface area contributed by atoms with Gasteiger partial charge in [0, 0.05) is 11.5 Å². The van der Waals surface area contributed by atoms with Gasteiger partial charge >= 0.3 is 6.18 Å². The normalized spacial score (nSPS) is 12.2. The van der Waals surface area contributed by atoms with Crippen LogP contribution < -0.4 is 0 Å². The Balaban J connectivity index is 3.49. The lowest BCUT2D eigenvalue weighted by molar-refractivity contribution is -0.138. The summed E-state index contributed by atoms with van der Waals surface area (Å²) >= 11 is 8.08. The average Bonchev–Trinajstić information content (AvgIpc) is 2.14. The van der Waals surface area contributed by atoms with Crippen LogP contribution in [0.2, 0.25) is 5.15 Å². The highest BCUT2D eigenvalue weighted by Gasteiger charge is 2.36. The molecule has 1 nitrogen and oxygen atoms in total. The molecule has 0 fully saturated rings. The van der Waals surface area contributed by atoms with E-state index in [4.69, 9.17) is 11.6 Å². The number of nitrogens with zero attached hydrogens (tertiary/aromatic N) is 1. The van der Waals surface area contributed by atoms with E-state index in [1.54, 1.807) is 0 Å². The van der Waals surface area contributed by atoms with Crippen molar-refractivity contribution < 1.29 is 22.0 Å². The summed E-state index contributed by atoms with van der Waals surface area (Å²) in [6.45, 7) is 0. The Kier molecular flexibility index (Phi) is 4.12. The van der Waals surface area contributed by atoms with Crippen LogP contribution in [0.15, 0.2) is 6.20 Å². The summed E-state index contributed by atoms with van der Waals surface area (Å²) in [5.74, 6) is 0. The molecule has 0 atom stereocenters. The topological polar surface area (TPSA) is 12.9 Å². The maximum Gasteiger partial charge on any atom is 0.418 e. The number of aromatic nitrogens is 1. The number of pyridine rings is 1. The molecule has 8 heteroatoms. The third kappa shape index (κ3) is 2.63. The Bertz CT molecular complexity index is 393. The van der Waals surface area contributed by atoms with Gasteiger partial charge in [-0.2, -0.15) is 13.2 Å². The van der Waals surface area contributed by atoms with Gasteiger partial charge in [0.05, 0.1) is 11.1 Å². The lowest BCUT2D eigenvalue weighted by Crippen LogP contribution is -2.12. The summed E-state index contributed by atoms with van der Waals surface area (Å²) in [6, 6.07) is 0. The summed E-state index contributed by atoms with van der Waals surface area (Å²) < 4.78 is 62.4. The number of rotatable bonds is 2. The highest BCUT2D eigenvalue weighted by molar-refractivity contribution is 9.08. The van der Waals surface area contributed by atoms with E-state index in [1.165, 1.54) is 0 Å². The van der Waals surface area contributed by atoms with Crippen molar-refractivity contribution in [2.45, 2.75) is 17.9 Å². The van der Waals surface area contributed by atoms with Gasteiger partial charge in [0.25, 0.3) is 6.43 Å². The molecular weight excluding hydrogens is 320 g/mol. The maximum atomic E-state index is 12.5. The number of hydrogen-bond donors (Lipinski definition) is 0. The SMILES string of the molecule is FC(F)c1c(Cl)ncc(C(F)(F)F)c1CBr. The molecule has 1 aromatic rings. The fraction of sp³-hybridized carbons (Fsp3) is 0.375. The molecule has 0 saturated heterocycles. The molecule has 0 radical (unpaired) electrons. The molecule has 0 aliphatic heterocycles. The van der Waals surface area contributed by atoms with E-state index >= 15 is 0 Å². The van der Waals surface area contributed by atoms with E-state index in [0.29, 0.717) is 6.20 Å². The summed E-state index contributed by atoms with van der Waals surface area (Å²) in [7, 11) is 0. The third-order valence-corrected chi connectivity index (χ3v) is 2.70. The molecule has 0 bridgehead atoms. The van der Waals surface area contributed by atoms with Crippen molar-refractivity contribution in [3.63, 3.8) is 0 Å². The van der Waals surface area contributed by atoms with Gasteiger partial charge < -0.3 is 0 Å². The van der Waals surface area contributed by atoms with Crippen LogP contribution in [0.5, 0.6) is 0 Å². The quantitative estimate of drug-likeness (QED) is 0.440. The van der Waals surface area contributed by atoms with Gasteiger partial charge in [-0.3, -0.25) is 0 Å². The van der Waals surface area contributed by atoms with Crippen molar-refractivity contribution in [1.29, 1.82) is 0 Å². The number of hydrogen-bond acceptors (Lipinski definition) is 1. The first-order valence-corrected chi connectivity index (χ1v) is 5.37. The number of alkyl halides is 6. The van der Waals surface area contributed by atoms with Gasteiger partial charge in [0.1, 0.15) is 5.15 Å². The molecule has 0 aliphatic rings. The van der Waals surface area contributed by atoms with Crippen LogP contribution in [-0.4, -0.2) is 4.98 Å². The summed E-state index contributed by atoms with van der Waals surface area (Å²) in [5, 5.41) is -0.985. The lowest BCUT2D eigenvalue weighted by Gasteiger charge is -2.15. The molecule has 0 N–H and O–H groups in total. The van der Waals surface area contributed by atoms with Crippen molar-refractivity contribution in [1.82, 2.24) is 4.98 Å². The molecule has 0 saturated carbocycles. The summed E-state index contributed by atoms with van der Waals surface area (Å²) in [6.07, 6.45) is -7.38. The van der Waals surface area contributed by atoms with Gasteiger partial charge in [0.2, 0.25) is 0 Å². The monoisotopic (exact) mass is 323 g/mol. The third-order valence-electron chi connectivity index (χ3n) is 1.84. The second kappa shape index (κ2) is 4.83.